The number of carbonyl (C=O) groups excluding carboxylic acids is 1. The number of hydrogen-bond donors (Lipinski definition) is 2. The second-order valence-electron chi connectivity index (χ2n) is 3.51. The molecule has 0 aliphatic carbocycles. The van der Waals surface area contributed by atoms with Gasteiger partial charge in [0.05, 0.1) is 6.21 Å². The van der Waals surface area contributed by atoms with Crippen LogP contribution < -0.4 is 11.2 Å². The molecule has 0 fully saturated rings. The summed E-state index contributed by atoms with van der Waals surface area (Å²) in [4.78, 5) is 19.1. The van der Waals surface area contributed by atoms with E-state index >= 15 is 0 Å². The number of halogens is 1. The van der Waals surface area contributed by atoms with Crippen molar-refractivity contribution in [3.05, 3.63) is 53.7 Å². The number of carbonyl (C=O) groups is 1. The minimum Gasteiger partial charge on any atom is -0.382 e. The normalized spacial score (nSPS) is 10.6. The first-order valence-electron chi connectivity index (χ1n) is 5.33. The molecule has 1 amide bonds. The summed E-state index contributed by atoms with van der Waals surface area (Å²) in [6.45, 7) is 0. The van der Waals surface area contributed by atoms with Crippen molar-refractivity contribution in [2.24, 2.45) is 5.10 Å². The van der Waals surface area contributed by atoms with Gasteiger partial charge >= 0.3 is 0 Å². The van der Waals surface area contributed by atoms with Crippen molar-refractivity contribution < 1.29 is 9.18 Å². The lowest BCUT2D eigenvalue weighted by atomic mass is 10.2. The number of benzene rings is 1. The molecule has 0 aliphatic heterocycles. The van der Waals surface area contributed by atoms with Crippen molar-refractivity contribution in [3.8, 4) is 0 Å². The van der Waals surface area contributed by atoms with E-state index in [-0.39, 0.29) is 17.1 Å². The van der Waals surface area contributed by atoms with Crippen LogP contribution in [0.5, 0.6) is 0 Å². The molecule has 0 aliphatic rings. The Kier molecular flexibility index (Phi) is 3.77. The first-order valence-corrected chi connectivity index (χ1v) is 5.33. The van der Waals surface area contributed by atoms with Crippen LogP contribution in [0.25, 0.3) is 0 Å². The second-order valence-corrected chi connectivity index (χ2v) is 3.51. The van der Waals surface area contributed by atoms with E-state index in [4.69, 9.17) is 5.73 Å². The van der Waals surface area contributed by atoms with Gasteiger partial charge in [-0.2, -0.15) is 5.10 Å². The van der Waals surface area contributed by atoms with Crippen LogP contribution in [-0.2, 0) is 0 Å². The molecule has 96 valence electrons. The Morgan fingerprint density at radius 3 is 2.79 bits per heavy atom. The minimum atomic E-state index is -0.613. The number of anilines is 1. The van der Waals surface area contributed by atoms with Gasteiger partial charge in [0.1, 0.15) is 5.82 Å². The van der Waals surface area contributed by atoms with Gasteiger partial charge in [-0.25, -0.2) is 19.8 Å². The summed E-state index contributed by atoms with van der Waals surface area (Å²) in [5.74, 6) is -1.04. The molecule has 3 N–H and O–H groups in total. The summed E-state index contributed by atoms with van der Waals surface area (Å²) in [6, 6.07) is 6.05. The molecule has 2 rings (SSSR count). The van der Waals surface area contributed by atoms with E-state index in [1.165, 1.54) is 30.7 Å². The topological polar surface area (TPSA) is 93.3 Å². The average Bonchev–Trinajstić information content (AvgIpc) is 2.41. The smallest absolute Gasteiger partial charge is 0.293 e. The molecule has 0 unspecified atom stereocenters. The molecule has 1 heterocycles. The molecule has 0 saturated heterocycles. The number of aromatic nitrogens is 2. The first-order chi connectivity index (χ1) is 9.18. The van der Waals surface area contributed by atoms with Gasteiger partial charge in [0.2, 0.25) is 0 Å². The number of nitrogens with one attached hydrogen (secondary N) is 1. The van der Waals surface area contributed by atoms with E-state index in [2.05, 4.69) is 20.5 Å². The molecule has 0 atom stereocenters. The Balaban J connectivity index is 2.06. The lowest BCUT2D eigenvalue weighted by Gasteiger charge is -2.01. The molecule has 0 spiro atoms. The molecule has 19 heavy (non-hydrogen) atoms. The highest BCUT2D eigenvalue weighted by Gasteiger charge is 2.10. The van der Waals surface area contributed by atoms with Crippen LogP contribution in [0.4, 0.5) is 10.2 Å². The first kappa shape index (κ1) is 12.6. The largest absolute Gasteiger partial charge is 0.382 e. The maximum absolute atomic E-state index is 13.3. The minimum absolute atomic E-state index is 0.00101. The van der Waals surface area contributed by atoms with Crippen molar-refractivity contribution in [3.63, 3.8) is 0 Å². The fourth-order valence-corrected chi connectivity index (χ4v) is 1.32. The summed E-state index contributed by atoms with van der Waals surface area (Å²) in [7, 11) is 0. The zero-order valence-electron chi connectivity index (χ0n) is 9.75. The maximum atomic E-state index is 13.3. The summed E-state index contributed by atoms with van der Waals surface area (Å²) in [5.41, 5.74) is 7.90. The van der Waals surface area contributed by atoms with Gasteiger partial charge in [0.15, 0.2) is 11.5 Å². The number of nitrogen functional groups attached to an aromatic ring is 1. The molecular formula is C12H10FN5O. The molecule has 1 aromatic carbocycles. The Morgan fingerprint density at radius 2 is 2.05 bits per heavy atom. The predicted octanol–water partition coefficient (Wildman–Crippen LogP) is 0.962. The zero-order valence-corrected chi connectivity index (χ0v) is 9.75. The molecule has 1 aromatic heterocycles. The number of nitrogens with two attached hydrogens (primary N) is 1. The van der Waals surface area contributed by atoms with E-state index in [0.29, 0.717) is 0 Å². The van der Waals surface area contributed by atoms with Gasteiger partial charge in [-0.1, -0.05) is 18.2 Å². The summed E-state index contributed by atoms with van der Waals surface area (Å²) in [6.07, 6.45) is 3.90. The molecule has 0 radical (unpaired) electrons. The number of nitrogens with zero attached hydrogens (tertiary/aromatic N) is 3. The average molecular weight is 259 g/mol. The highest BCUT2D eigenvalue weighted by atomic mass is 19.1. The van der Waals surface area contributed by atoms with Crippen LogP contribution in [0, 0.1) is 5.82 Å². The van der Waals surface area contributed by atoms with Crippen molar-refractivity contribution in [2.45, 2.75) is 0 Å². The van der Waals surface area contributed by atoms with E-state index in [0.717, 1.165) is 0 Å². The lowest BCUT2D eigenvalue weighted by molar-refractivity contribution is 0.0951. The van der Waals surface area contributed by atoms with Crippen LogP contribution >= 0.6 is 0 Å². The molecule has 2 aromatic rings. The number of hydrazone groups is 1. The highest BCUT2D eigenvalue weighted by molar-refractivity contribution is 5.96. The lowest BCUT2D eigenvalue weighted by Crippen LogP contribution is -2.21. The zero-order chi connectivity index (χ0) is 13.7. The van der Waals surface area contributed by atoms with Crippen molar-refractivity contribution in [2.75, 3.05) is 5.73 Å². The third-order valence-corrected chi connectivity index (χ3v) is 2.22. The molecular weight excluding hydrogens is 249 g/mol. The molecule has 0 saturated carbocycles. The van der Waals surface area contributed by atoms with Crippen LogP contribution in [-0.4, -0.2) is 22.1 Å². The van der Waals surface area contributed by atoms with Gasteiger partial charge in [0, 0.05) is 18.0 Å². The molecule has 7 heteroatoms. The second kappa shape index (κ2) is 5.67. The van der Waals surface area contributed by atoms with Crippen molar-refractivity contribution >= 4 is 17.9 Å². The maximum Gasteiger partial charge on any atom is 0.293 e. The highest BCUT2D eigenvalue weighted by Crippen LogP contribution is 2.04. The van der Waals surface area contributed by atoms with E-state index in [1.807, 2.05) is 0 Å². The Bertz CT molecular complexity index is 629. The quantitative estimate of drug-likeness (QED) is 0.634. The van der Waals surface area contributed by atoms with Crippen LogP contribution in [0.3, 0.4) is 0 Å². The summed E-state index contributed by atoms with van der Waals surface area (Å²) >= 11 is 0. The van der Waals surface area contributed by atoms with Crippen LogP contribution in [0.2, 0.25) is 0 Å². The van der Waals surface area contributed by atoms with Gasteiger partial charge < -0.3 is 5.73 Å². The number of amides is 1. The SMILES string of the molecule is Nc1nccnc1C(=O)N/N=C/c1ccccc1F. The Labute approximate surface area is 108 Å². The van der Waals surface area contributed by atoms with Gasteiger partial charge in [-0.05, 0) is 6.07 Å². The number of hydrogen-bond acceptors (Lipinski definition) is 5. The van der Waals surface area contributed by atoms with Crippen LogP contribution in [0.1, 0.15) is 16.1 Å². The van der Waals surface area contributed by atoms with Crippen molar-refractivity contribution in [1.82, 2.24) is 15.4 Å². The third-order valence-electron chi connectivity index (χ3n) is 2.22. The van der Waals surface area contributed by atoms with E-state index in [1.54, 1.807) is 12.1 Å². The van der Waals surface area contributed by atoms with Gasteiger partial charge in [-0.15, -0.1) is 0 Å². The standard InChI is InChI=1S/C12H10FN5O/c13-9-4-2-1-3-8(9)7-17-18-12(19)10-11(14)16-6-5-15-10/h1-7H,(H2,14,16)(H,18,19)/b17-7+. The fourth-order valence-electron chi connectivity index (χ4n) is 1.32. The van der Waals surface area contributed by atoms with E-state index < -0.39 is 11.7 Å². The van der Waals surface area contributed by atoms with E-state index in [9.17, 15) is 9.18 Å². The van der Waals surface area contributed by atoms with Gasteiger partial charge in [0.25, 0.3) is 5.91 Å². The monoisotopic (exact) mass is 259 g/mol. The predicted molar refractivity (Wildman–Crippen MR) is 67.9 cm³/mol. The van der Waals surface area contributed by atoms with Crippen molar-refractivity contribution in [1.29, 1.82) is 0 Å². The molecule has 6 nitrogen and oxygen atoms in total. The van der Waals surface area contributed by atoms with Gasteiger partial charge in [-0.3, -0.25) is 4.79 Å². The van der Waals surface area contributed by atoms with Crippen LogP contribution in [0.15, 0.2) is 41.8 Å². The summed E-state index contributed by atoms with van der Waals surface area (Å²) in [5, 5.41) is 3.63. The Morgan fingerprint density at radius 1 is 1.32 bits per heavy atom. The third kappa shape index (κ3) is 3.09. The number of rotatable bonds is 3. The molecule has 0 bridgehead atoms. The summed E-state index contributed by atoms with van der Waals surface area (Å²) < 4.78 is 13.3. The Hall–Kier alpha value is -2.83. The fraction of sp³-hybridized carbons (Fsp3) is 0.